The van der Waals surface area contributed by atoms with Crippen LogP contribution in [-0.2, 0) is 14.3 Å². The number of carbonyl (C=O) groups is 3. The van der Waals surface area contributed by atoms with E-state index in [9.17, 15) is 14.4 Å². The maximum absolute atomic E-state index is 13.0. The zero-order valence-corrected chi connectivity index (χ0v) is 15.8. The summed E-state index contributed by atoms with van der Waals surface area (Å²) in [4.78, 5) is 42.8. The van der Waals surface area contributed by atoms with Crippen molar-refractivity contribution in [3.05, 3.63) is 24.2 Å². The molecule has 0 aliphatic carbocycles. The highest BCUT2D eigenvalue weighted by Crippen LogP contribution is 2.20. The SMILES string of the molecule is COCC(=O)N1CCC[C@@H](C(=O)N2CCCN(C(=O)c3ccco3)CC2)C1. The molecule has 2 aliphatic rings. The number of furan rings is 1. The summed E-state index contributed by atoms with van der Waals surface area (Å²) in [5.74, 6) is 0.0304. The molecule has 8 nitrogen and oxygen atoms in total. The van der Waals surface area contributed by atoms with Gasteiger partial charge in [-0.3, -0.25) is 14.4 Å². The minimum atomic E-state index is -0.174. The second-order valence-corrected chi connectivity index (χ2v) is 7.06. The summed E-state index contributed by atoms with van der Waals surface area (Å²) in [6.07, 6.45) is 3.84. The maximum atomic E-state index is 13.0. The highest BCUT2D eigenvalue weighted by Gasteiger charge is 2.32. The quantitative estimate of drug-likeness (QED) is 0.776. The lowest BCUT2D eigenvalue weighted by molar-refractivity contribution is -0.142. The zero-order valence-electron chi connectivity index (χ0n) is 15.8. The van der Waals surface area contributed by atoms with Crippen LogP contribution < -0.4 is 0 Å². The van der Waals surface area contributed by atoms with E-state index in [0.29, 0.717) is 45.0 Å². The molecule has 3 amide bonds. The number of nitrogens with zero attached hydrogens (tertiary/aromatic N) is 3. The topological polar surface area (TPSA) is 83.3 Å². The van der Waals surface area contributed by atoms with Gasteiger partial charge in [-0.15, -0.1) is 0 Å². The van der Waals surface area contributed by atoms with Crippen LogP contribution in [0.5, 0.6) is 0 Å². The molecule has 2 saturated heterocycles. The predicted octanol–water partition coefficient (Wildman–Crippen LogP) is 0.839. The summed E-state index contributed by atoms with van der Waals surface area (Å²) in [6.45, 7) is 3.41. The summed E-state index contributed by atoms with van der Waals surface area (Å²) in [5, 5.41) is 0. The van der Waals surface area contributed by atoms with Crippen molar-refractivity contribution < 1.29 is 23.5 Å². The van der Waals surface area contributed by atoms with E-state index < -0.39 is 0 Å². The molecule has 0 spiro atoms. The second kappa shape index (κ2) is 9.03. The van der Waals surface area contributed by atoms with Crippen LogP contribution >= 0.6 is 0 Å². The van der Waals surface area contributed by atoms with Crippen LogP contribution in [0.2, 0.25) is 0 Å². The monoisotopic (exact) mass is 377 g/mol. The molecule has 2 aliphatic heterocycles. The second-order valence-electron chi connectivity index (χ2n) is 7.06. The molecular formula is C19H27N3O5. The number of ether oxygens (including phenoxy) is 1. The molecular weight excluding hydrogens is 350 g/mol. The van der Waals surface area contributed by atoms with Gasteiger partial charge in [0.05, 0.1) is 12.2 Å². The van der Waals surface area contributed by atoms with Crippen molar-refractivity contribution in [1.29, 1.82) is 0 Å². The molecule has 0 unspecified atom stereocenters. The van der Waals surface area contributed by atoms with E-state index in [2.05, 4.69) is 0 Å². The number of methoxy groups -OCH3 is 1. The molecule has 148 valence electrons. The summed E-state index contributed by atoms with van der Waals surface area (Å²) >= 11 is 0. The van der Waals surface area contributed by atoms with Gasteiger partial charge in [0, 0.05) is 46.4 Å². The molecule has 0 bridgehead atoms. The average Bonchev–Trinajstić information content (AvgIpc) is 3.12. The van der Waals surface area contributed by atoms with Crippen molar-refractivity contribution in [3.63, 3.8) is 0 Å². The Morgan fingerprint density at radius 1 is 1.07 bits per heavy atom. The minimum Gasteiger partial charge on any atom is -0.459 e. The zero-order chi connectivity index (χ0) is 19.2. The smallest absolute Gasteiger partial charge is 0.289 e. The van der Waals surface area contributed by atoms with Gasteiger partial charge in [0.15, 0.2) is 5.76 Å². The summed E-state index contributed by atoms with van der Waals surface area (Å²) < 4.78 is 10.1. The Hall–Kier alpha value is -2.35. The third-order valence-corrected chi connectivity index (χ3v) is 5.22. The standard InChI is InChI=1S/C19H27N3O5/c1-26-14-17(23)22-7-2-5-15(13-22)18(24)20-8-4-9-21(11-10-20)19(25)16-6-3-12-27-16/h3,6,12,15H,2,4-5,7-11,13-14H2,1H3/t15-/m1/s1. The van der Waals surface area contributed by atoms with Crippen LogP contribution in [0.15, 0.2) is 22.8 Å². The van der Waals surface area contributed by atoms with Crippen molar-refractivity contribution in [2.24, 2.45) is 5.92 Å². The Labute approximate surface area is 159 Å². The Morgan fingerprint density at radius 2 is 1.81 bits per heavy atom. The van der Waals surface area contributed by atoms with Crippen LogP contribution in [0.1, 0.15) is 29.8 Å². The Balaban J connectivity index is 1.56. The molecule has 8 heteroatoms. The first-order valence-corrected chi connectivity index (χ1v) is 9.48. The van der Waals surface area contributed by atoms with Crippen LogP contribution in [0.25, 0.3) is 0 Å². The molecule has 0 saturated carbocycles. The Morgan fingerprint density at radius 3 is 2.56 bits per heavy atom. The average molecular weight is 377 g/mol. The summed E-state index contributed by atoms with van der Waals surface area (Å²) in [7, 11) is 1.50. The highest BCUT2D eigenvalue weighted by atomic mass is 16.5. The normalized spacial score (nSPS) is 21.1. The number of carbonyl (C=O) groups excluding carboxylic acids is 3. The number of likely N-dealkylation sites (tertiary alicyclic amines) is 1. The number of amides is 3. The third-order valence-electron chi connectivity index (χ3n) is 5.22. The molecule has 1 aromatic rings. The first-order valence-electron chi connectivity index (χ1n) is 9.48. The summed E-state index contributed by atoms with van der Waals surface area (Å²) in [5.41, 5.74) is 0. The molecule has 0 N–H and O–H groups in total. The third kappa shape index (κ3) is 4.68. The van der Waals surface area contributed by atoms with Crippen molar-refractivity contribution in [3.8, 4) is 0 Å². The number of hydrogen-bond acceptors (Lipinski definition) is 5. The lowest BCUT2D eigenvalue weighted by Crippen LogP contribution is -2.48. The first kappa shape index (κ1) is 19.4. The van der Waals surface area contributed by atoms with Crippen LogP contribution in [-0.4, -0.2) is 85.4 Å². The van der Waals surface area contributed by atoms with Crippen molar-refractivity contribution in [1.82, 2.24) is 14.7 Å². The molecule has 0 aromatic carbocycles. The van der Waals surface area contributed by atoms with Gasteiger partial charge in [0.25, 0.3) is 5.91 Å². The van der Waals surface area contributed by atoms with Gasteiger partial charge in [-0.1, -0.05) is 0 Å². The molecule has 1 atom stereocenters. The number of rotatable bonds is 4. The fourth-order valence-corrected chi connectivity index (χ4v) is 3.78. The van der Waals surface area contributed by atoms with Gasteiger partial charge >= 0.3 is 0 Å². The maximum Gasteiger partial charge on any atom is 0.289 e. The van der Waals surface area contributed by atoms with E-state index in [1.54, 1.807) is 21.9 Å². The van der Waals surface area contributed by atoms with Crippen molar-refractivity contribution >= 4 is 17.7 Å². The van der Waals surface area contributed by atoms with Crippen LogP contribution in [0, 0.1) is 5.92 Å². The molecule has 0 radical (unpaired) electrons. The first-order chi connectivity index (χ1) is 13.1. The molecule has 2 fully saturated rings. The largest absolute Gasteiger partial charge is 0.459 e. The minimum absolute atomic E-state index is 0.0501. The highest BCUT2D eigenvalue weighted by molar-refractivity contribution is 5.91. The van der Waals surface area contributed by atoms with E-state index in [1.807, 2.05) is 4.90 Å². The van der Waals surface area contributed by atoms with Crippen molar-refractivity contribution in [2.45, 2.75) is 19.3 Å². The van der Waals surface area contributed by atoms with E-state index in [1.165, 1.54) is 13.4 Å². The van der Waals surface area contributed by atoms with Crippen molar-refractivity contribution in [2.75, 3.05) is 53.0 Å². The molecule has 3 rings (SSSR count). The van der Waals surface area contributed by atoms with Gasteiger partial charge in [-0.2, -0.15) is 0 Å². The lowest BCUT2D eigenvalue weighted by atomic mass is 9.96. The molecule has 3 heterocycles. The van der Waals surface area contributed by atoms with Gasteiger partial charge < -0.3 is 23.9 Å². The lowest BCUT2D eigenvalue weighted by Gasteiger charge is -2.34. The predicted molar refractivity (Wildman–Crippen MR) is 97.0 cm³/mol. The van der Waals surface area contributed by atoms with Gasteiger partial charge in [0.2, 0.25) is 11.8 Å². The fraction of sp³-hybridized carbons (Fsp3) is 0.632. The van der Waals surface area contributed by atoms with E-state index in [-0.39, 0.29) is 30.2 Å². The van der Waals surface area contributed by atoms with Gasteiger partial charge in [-0.25, -0.2) is 0 Å². The molecule has 1 aromatic heterocycles. The number of hydrogen-bond donors (Lipinski definition) is 0. The Bertz CT molecular complexity index is 660. The van der Waals surface area contributed by atoms with E-state index >= 15 is 0 Å². The number of piperidine rings is 1. The fourth-order valence-electron chi connectivity index (χ4n) is 3.78. The van der Waals surface area contributed by atoms with E-state index in [4.69, 9.17) is 9.15 Å². The summed E-state index contributed by atoms with van der Waals surface area (Å²) in [6, 6.07) is 3.35. The van der Waals surface area contributed by atoms with E-state index in [0.717, 1.165) is 19.3 Å². The van der Waals surface area contributed by atoms with Crippen LogP contribution in [0.4, 0.5) is 0 Å². The Kier molecular flexibility index (Phi) is 6.49. The van der Waals surface area contributed by atoms with Crippen LogP contribution in [0.3, 0.4) is 0 Å². The van der Waals surface area contributed by atoms with Gasteiger partial charge in [-0.05, 0) is 31.4 Å². The van der Waals surface area contributed by atoms with Gasteiger partial charge in [0.1, 0.15) is 6.61 Å². The molecule has 27 heavy (non-hydrogen) atoms.